The van der Waals surface area contributed by atoms with Crippen molar-refractivity contribution in [2.45, 2.75) is 19.9 Å². The smallest absolute Gasteiger partial charge is 0.322 e. The normalized spacial score (nSPS) is 10.7. The predicted molar refractivity (Wildman–Crippen MR) is 98.0 cm³/mol. The Hall–Kier alpha value is -3.82. The fourth-order valence-electron chi connectivity index (χ4n) is 2.62. The number of non-ortho nitro benzene ring substituents is 1. The lowest BCUT2D eigenvalue weighted by Crippen LogP contribution is -2.31. The van der Waals surface area contributed by atoms with Crippen molar-refractivity contribution in [2.75, 3.05) is 5.32 Å². The Morgan fingerprint density at radius 1 is 1.33 bits per heavy atom. The van der Waals surface area contributed by atoms with Crippen molar-refractivity contribution in [2.24, 2.45) is 0 Å². The molecule has 0 fully saturated rings. The number of H-pyrrole nitrogens is 1. The first-order valence-corrected chi connectivity index (χ1v) is 8.09. The van der Waals surface area contributed by atoms with E-state index in [-0.39, 0.29) is 28.0 Å². The molecule has 0 aliphatic heterocycles. The Morgan fingerprint density at radius 2 is 2.11 bits per heavy atom. The molecule has 27 heavy (non-hydrogen) atoms. The number of aryl methyl sites for hydroxylation is 1. The van der Waals surface area contributed by atoms with Gasteiger partial charge in [0.1, 0.15) is 5.65 Å². The number of benzene rings is 1. The largest absolute Gasteiger partial charge is 0.329 e. The standard InChI is InChI=1S/C17H15N5O5/c1-2-6-21-14-13(16(24)20-17(21)25)7-10(9-18-14)15(23)19-11-4-3-5-12(8-11)22(26)27/h3-5,7-9H,2,6H2,1H3,(H,19,23)(H,20,24,25). The second-order valence-corrected chi connectivity index (χ2v) is 5.77. The number of hydrogen-bond acceptors (Lipinski definition) is 6. The molecule has 2 aromatic heterocycles. The third-order valence-electron chi connectivity index (χ3n) is 3.86. The Morgan fingerprint density at radius 3 is 2.81 bits per heavy atom. The highest BCUT2D eigenvalue weighted by Gasteiger charge is 2.14. The Labute approximate surface area is 151 Å². The molecule has 0 aliphatic rings. The number of amides is 1. The van der Waals surface area contributed by atoms with Gasteiger partial charge < -0.3 is 5.32 Å². The summed E-state index contributed by atoms with van der Waals surface area (Å²) in [4.78, 5) is 53.0. The van der Waals surface area contributed by atoms with Crippen LogP contribution in [0.3, 0.4) is 0 Å². The summed E-state index contributed by atoms with van der Waals surface area (Å²) in [6.45, 7) is 2.25. The van der Waals surface area contributed by atoms with Crippen molar-refractivity contribution < 1.29 is 9.72 Å². The van der Waals surface area contributed by atoms with Gasteiger partial charge in [0, 0.05) is 30.6 Å². The summed E-state index contributed by atoms with van der Waals surface area (Å²) in [7, 11) is 0. The molecule has 0 bridgehead atoms. The van der Waals surface area contributed by atoms with Gasteiger partial charge in [0.2, 0.25) is 0 Å². The average molecular weight is 369 g/mol. The topological polar surface area (TPSA) is 140 Å². The number of nitro benzene ring substituents is 1. The van der Waals surface area contributed by atoms with Crippen LogP contribution in [-0.2, 0) is 6.54 Å². The van der Waals surface area contributed by atoms with E-state index in [9.17, 15) is 24.5 Å². The van der Waals surface area contributed by atoms with E-state index in [0.717, 1.165) is 0 Å². The zero-order valence-corrected chi connectivity index (χ0v) is 14.3. The number of fused-ring (bicyclic) bond motifs is 1. The van der Waals surface area contributed by atoms with Crippen LogP contribution in [0.4, 0.5) is 11.4 Å². The van der Waals surface area contributed by atoms with Gasteiger partial charge in [-0.1, -0.05) is 13.0 Å². The van der Waals surface area contributed by atoms with Crippen LogP contribution in [0.1, 0.15) is 23.7 Å². The molecule has 138 valence electrons. The van der Waals surface area contributed by atoms with Crippen LogP contribution in [0.25, 0.3) is 11.0 Å². The SMILES string of the molecule is CCCn1c(=O)[nH]c(=O)c2cc(C(=O)Nc3cccc([N+](=O)[O-])c3)cnc21. The number of rotatable bonds is 5. The van der Waals surface area contributed by atoms with Crippen LogP contribution in [0.2, 0.25) is 0 Å². The molecule has 2 heterocycles. The summed E-state index contributed by atoms with van der Waals surface area (Å²) >= 11 is 0. The Balaban J connectivity index is 1.99. The van der Waals surface area contributed by atoms with Crippen molar-refractivity contribution in [1.82, 2.24) is 14.5 Å². The molecular weight excluding hydrogens is 354 g/mol. The van der Waals surface area contributed by atoms with Crippen molar-refractivity contribution in [3.05, 3.63) is 73.0 Å². The van der Waals surface area contributed by atoms with Gasteiger partial charge in [0.05, 0.1) is 15.9 Å². The lowest BCUT2D eigenvalue weighted by molar-refractivity contribution is -0.384. The summed E-state index contributed by atoms with van der Waals surface area (Å²) in [5.74, 6) is -0.586. The third-order valence-corrected chi connectivity index (χ3v) is 3.86. The maximum Gasteiger partial charge on any atom is 0.329 e. The van der Waals surface area contributed by atoms with E-state index in [1.807, 2.05) is 6.92 Å². The molecule has 2 N–H and O–H groups in total. The number of anilines is 1. The van der Waals surface area contributed by atoms with Gasteiger partial charge in [0.15, 0.2) is 0 Å². The quantitative estimate of drug-likeness (QED) is 0.518. The van der Waals surface area contributed by atoms with Gasteiger partial charge in [-0.05, 0) is 18.6 Å². The number of hydrogen-bond donors (Lipinski definition) is 2. The van der Waals surface area contributed by atoms with E-state index in [4.69, 9.17) is 0 Å². The first-order chi connectivity index (χ1) is 12.9. The van der Waals surface area contributed by atoms with Crippen LogP contribution in [0, 0.1) is 10.1 Å². The van der Waals surface area contributed by atoms with E-state index in [2.05, 4.69) is 15.3 Å². The van der Waals surface area contributed by atoms with Gasteiger partial charge in [-0.15, -0.1) is 0 Å². The number of nitrogens with zero attached hydrogens (tertiary/aromatic N) is 3. The van der Waals surface area contributed by atoms with E-state index in [1.54, 1.807) is 0 Å². The second-order valence-electron chi connectivity index (χ2n) is 5.77. The highest BCUT2D eigenvalue weighted by atomic mass is 16.6. The number of nitro groups is 1. The summed E-state index contributed by atoms with van der Waals surface area (Å²) in [6.07, 6.45) is 1.91. The van der Waals surface area contributed by atoms with Crippen LogP contribution in [0.15, 0.2) is 46.1 Å². The monoisotopic (exact) mass is 369 g/mol. The molecule has 0 unspecified atom stereocenters. The number of aromatic amines is 1. The number of pyridine rings is 1. The average Bonchev–Trinajstić information content (AvgIpc) is 2.65. The minimum absolute atomic E-state index is 0.0844. The van der Waals surface area contributed by atoms with Crippen LogP contribution < -0.4 is 16.6 Å². The molecule has 1 amide bonds. The third kappa shape index (κ3) is 3.59. The number of aromatic nitrogens is 3. The van der Waals surface area contributed by atoms with Gasteiger partial charge in [0.25, 0.3) is 17.2 Å². The Bertz CT molecular complexity index is 1160. The van der Waals surface area contributed by atoms with Crippen LogP contribution >= 0.6 is 0 Å². The zero-order valence-electron chi connectivity index (χ0n) is 14.3. The summed E-state index contributed by atoms with van der Waals surface area (Å²) in [5, 5.41) is 13.5. The van der Waals surface area contributed by atoms with Crippen molar-refractivity contribution in [3.8, 4) is 0 Å². The van der Waals surface area contributed by atoms with E-state index < -0.39 is 22.1 Å². The number of carbonyl (C=O) groups is 1. The van der Waals surface area contributed by atoms with Crippen LogP contribution in [-0.4, -0.2) is 25.4 Å². The zero-order chi connectivity index (χ0) is 19.6. The van der Waals surface area contributed by atoms with Gasteiger partial charge in [-0.2, -0.15) is 0 Å². The maximum absolute atomic E-state index is 12.4. The first kappa shape index (κ1) is 18.0. The minimum Gasteiger partial charge on any atom is -0.322 e. The molecule has 0 aliphatic carbocycles. The minimum atomic E-state index is -0.639. The molecular formula is C17H15N5O5. The molecule has 0 radical (unpaired) electrons. The van der Waals surface area contributed by atoms with Crippen molar-refractivity contribution >= 4 is 28.3 Å². The molecule has 0 saturated carbocycles. The first-order valence-electron chi connectivity index (χ1n) is 8.09. The maximum atomic E-state index is 12.4. The van der Waals surface area contributed by atoms with E-state index in [1.165, 1.54) is 41.1 Å². The van der Waals surface area contributed by atoms with Gasteiger partial charge in [-0.3, -0.25) is 29.3 Å². The molecule has 3 aromatic rings. The van der Waals surface area contributed by atoms with Gasteiger partial charge in [-0.25, -0.2) is 9.78 Å². The molecule has 10 nitrogen and oxygen atoms in total. The molecule has 0 atom stereocenters. The fraction of sp³-hybridized carbons (Fsp3) is 0.176. The highest BCUT2D eigenvalue weighted by molar-refractivity contribution is 6.05. The van der Waals surface area contributed by atoms with E-state index >= 15 is 0 Å². The predicted octanol–water partition coefficient (Wildman–Crippen LogP) is 1.66. The second kappa shape index (κ2) is 7.20. The summed E-state index contributed by atoms with van der Waals surface area (Å²) in [6, 6.07) is 6.81. The number of carbonyl (C=O) groups excluding carboxylic acids is 1. The lowest BCUT2D eigenvalue weighted by atomic mass is 10.2. The number of nitrogens with one attached hydrogen (secondary N) is 2. The summed E-state index contributed by atoms with van der Waals surface area (Å²) < 4.78 is 1.33. The molecule has 0 saturated heterocycles. The molecule has 1 aromatic carbocycles. The lowest BCUT2D eigenvalue weighted by Gasteiger charge is -2.09. The molecule has 3 rings (SSSR count). The summed E-state index contributed by atoms with van der Waals surface area (Å²) in [5.41, 5.74) is -0.849. The van der Waals surface area contributed by atoms with Crippen LogP contribution in [0.5, 0.6) is 0 Å². The van der Waals surface area contributed by atoms with Crippen molar-refractivity contribution in [1.29, 1.82) is 0 Å². The van der Waals surface area contributed by atoms with Crippen molar-refractivity contribution in [3.63, 3.8) is 0 Å². The highest BCUT2D eigenvalue weighted by Crippen LogP contribution is 2.18. The van der Waals surface area contributed by atoms with Gasteiger partial charge >= 0.3 is 5.69 Å². The fourth-order valence-corrected chi connectivity index (χ4v) is 2.62. The molecule has 10 heteroatoms. The Kier molecular flexibility index (Phi) is 4.79. The van der Waals surface area contributed by atoms with E-state index in [0.29, 0.717) is 13.0 Å². The molecule has 0 spiro atoms.